The first-order valence-corrected chi connectivity index (χ1v) is 8.09. The van der Waals surface area contributed by atoms with Crippen LogP contribution in [0.4, 0.5) is 5.69 Å². The minimum atomic E-state index is -0.370. The summed E-state index contributed by atoms with van der Waals surface area (Å²) in [5, 5.41) is 6.62. The molecule has 1 heterocycles. The molecule has 110 valence electrons. The number of thiophene rings is 1. The first-order valence-electron chi connectivity index (χ1n) is 6.35. The number of hydrogen-bond donors (Lipinski definition) is 1. The van der Waals surface area contributed by atoms with Crippen LogP contribution in [0.15, 0.2) is 45.6 Å². The summed E-state index contributed by atoms with van der Waals surface area (Å²) in [5.74, 6) is -0.720. The maximum absolute atomic E-state index is 11.7. The number of halogens is 1. The van der Waals surface area contributed by atoms with Crippen LogP contribution in [0.1, 0.15) is 12.0 Å². The van der Waals surface area contributed by atoms with Gasteiger partial charge in [0.15, 0.2) is 6.61 Å². The summed E-state index contributed by atoms with van der Waals surface area (Å²) in [6.45, 7) is -0.269. The van der Waals surface area contributed by atoms with E-state index >= 15 is 0 Å². The van der Waals surface area contributed by atoms with Crippen molar-refractivity contribution in [3.8, 4) is 0 Å². The van der Waals surface area contributed by atoms with Crippen LogP contribution in [0.2, 0.25) is 0 Å². The smallest absolute Gasteiger partial charge is 0.306 e. The molecule has 0 unspecified atom stereocenters. The van der Waals surface area contributed by atoms with E-state index in [1.807, 2.05) is 29.0 Å². The molecule has 6 heteroatoms. The molecular weight excluding hydrogens is 354 g/mol. The van der Waals surface area contributed by atoms with Gasteiger partial charge in [-0.25, -0.2) is 0 Å². The highest BCUT2D eigenvalue weighted by Crippen LogP contribution is 2.15. The van der Waals surface area contributed by atoms with E-state index in [0.717, 1.165) is 10.0 Å². The Kier molecular flexibility index (Phi) is 5.95. The predicted molar refractivity (Wildman–Crippen MR) is 86.4 cm³/mol. The molecule has 2 aromatic rings. The number of ether oxygens (including phenoxy) is 1. The molecule has 0 saturated carbocycles. The third-order valence-corrected chi connectivity index (χ3v) is 3.90. The Morgan fingerprint density at radius 2 is 2.14 bits per heavy atom. The molecule has 0 atom stereocenters. The number of nitrogens with one attached hydrogen (secondary N) is 1. The number of hydrogen-bond acceptors (Lipinski definition) is 4. The van der Waals surface area contributed by atoms with Gasteiger partial charge in [0.05, 0.1) is 0 Å². The average molecular weight is 368 g/mol. The van der Waals surface area contributed by atoms with Crippen molar-refractivity contribution in [2.24, 2.45) is 0 Å². The van der Waals surface area contributed by atoms with E-state index < -0.39 is 0 Å². The summed E-state index contributed by atoms with van der Waals surface area (Å²) >= 11 is 4.91. The fraction of sp³-hybridized carbons (Fsp3) is 0.200. The first-order chi connectivity index (χ1) is 10.1. The van der Waals surface area contributed by atoms with Crippen molar-refractivity contribution in [2.75, 3.05) is 11.9 Å². The number of esters is 1. The maximum atomic E-state index is 11.7. The van der Waals surface area contributed by atoms with Crippen LogP contribution < -0.4 is 5.32 Å². The monoisotopic (exact) mass is 367 g/mol. The molecule has 0 saturated heterocycles. The molecule has 1 aromatic carbocycles. The molecule has 0 bridgehead atoms. The van der Waals surface area contributed by atoms with Gasteiger partial charge in [0, 0.05) is 16.6 Å². The Balaban J connectivity index is 1.69. The minimum absolute atomic E-state index is 0.269. The van der Waals surface area contributed by atoms with Crippen molar-refractivity contribution < 1.29 is 14.3 Å². The Bertz CT molecular complexity index is 613. The lowest BCUT2D eigenvalue weighted by molar-refractivity contribution is -0.147. The Labute approximate surface area is 135 Å². The second-order valence-corrected chi connectivity index (χ2v) is 6.05. The van der Waals surface area contributed by atoms with E-state index in [1.165, 1.54) is 0 Å². The standard InChI is InChI=1S/C15H14BrNO3S/c16-12-2-1-3-13(8-12)17-14(18)9-20-15(19)5-4-11-6-7-21-10-11/h1-3,6-8,10H,4-5,9H2,(H,17,18). The number of anilines is 1. The molecule has 1 aromatic heterocycles. The third-order valence-electron chi connectivity index (χ3n) is 2.67. The van der Waals surface area contributed by atoms with Crippen molar-refractivity contribution in [1.82, 2.24) is 0 Å². The Morgan fingerprint density at radius 3 is 2.86 bits per heavy atom. The summed E-state index contributed by atoms with van der Waals surface area (Å²) in [6.07, 6.45) is 0.913. The highest BCUT2D eigenvalue weighted by molar-refractivity contribution is 9.10. The summed E-state index contributed by atoms with van der Waals surface area (Å²) in [4.78, 5) is 23.2. The second kappa shape index (κ2) is 7.95. The summed E-state index contributed by atoms with van der Waals surface area (Å²) in [7, 11) is 0. The zero-order valence-electron chi connectivity index (χ0n) is 11.2. The molecule has 0 aliphatic heterocycles. The van der Waals surface area contributed by atoms with E-state index in [-0.39, 0.29) is 24.9 Å². The van der Waals surface area contributed by atoms with Crippen molar-refractivity contribution in [3.63, 3.8) is 0 Å². The minimum Gasteiger partial charge on any atom is -0.456 e. The van der Waals surface area contributed by atoms with Crippen LogP contribution in [0.25, 0.3) is 0 Å². The van der Waals surface area contributed by atoms with Crippen molar-refractivity contribution >= 4 is 44.8 Å². The molecular formula is C15H14BrNO3S. The Hall–Kier alpha value is -1.66. The molecule has 0 fully saturated rings. The highest BCUT2D eigenvalue weighted by Gasteiger charge is 2.08. The van der Waals surface area contributed by atoms with Crippen LogP contribution in [-0.4, -0.2) is 18.5 Å². The van der Waals surface area contributed by atoms with Crippen molar-refractivity contribution in [1.29, 1.82) is 0 Å². The predicted octanol–water partition coefficient (Wildman–Crippen LogP) is 3.63. The fourth-order valence-corrected chi connectivity index (χ4v) is 2.77. The molecule has 0 aliphatic carbocycles. The number of aryl methyl sites for hydroxylation is 1. The summed E-state index contributed by atoms with van der Waals surface area (Å²) < 4.78 is 5.81. The third kappa shape index (κ3) is 5.69. The molecule has 4 nitrogen and oxygen atoms in total. The van der Waals surface area contributed by atoms with Gasteiger partial charge in [-0.3, -0.25) is 9.59 Å². The lowest BCUT2D eigenvalue weighted by atomic mass is 10.2. The molecule has 1 N–H and O–H groups in total. The SMILES string of the molecule is O=C(COC(=O)CCc1ccsc1)Nc1cccc(Br)c1. The van der Waals surface area contributed by atoms with E-state index in [9.17, 15) is 9.59 Å². The molecule has 0 spiro atoms. The van der Waals surface area contributed by atoms with Crippen LogP contribution in [0, 0.1) is 0 Å². The average Bonchev–Trinajstić information content (AvgIpc) is 2.96. The van der Waals surface area contributed by atoms with Gasteiger partial charge in [0.25, 0.3) is 5.91 Å². The van der Waals surface area contributed by atoms with Crippen LogP contribution in [-0.2, 0) is 20.7 Å². The van der Waals surface area contributed by atoms with Crippen LogP contribution in [0.5, 0.6) is 0 Å². The van der Waals surface area contributed by atoms with Gasteiger partial charge in [-0.05, 0) is 47.0 Å². The Morgan fingerprint density at radius 1 is 1.29 bits per heavy atom. The topological polar surface area (TPSA) is 55.4 Å². The van der Waals surface area contributed by atoms with Gasteiger partial charge in [0.2, 0.25) is 0 Å². The summed E-state index contributed by atoms with van der Waals surface area (Å²) in [6, 6.07) is 9.18. The van der Waals surface area contributed by atoms with E-state index in [0.29, 0.717) is 12.1 Å². The quantitative estimate of drug-likeness (QED) is 0.793. The normalized spacial score (nSPS) is 10.1. The first kappa shape index (κ1) is 15.7. The zero-order valence-corrected chi connectivity index (χ0v) is 13.6. The molecule has 0 radical (unpaired) electrons. The number of benzene rings is 1. The second-order valence-electron chi connectivity index (χ2n) is 4.35. The summed E-state index contributed by atoms with van der Waals surface area (Å²) in [5.41, 5.74) is 1.76. The van der Waals surface area contributed by atoms with E-state index in [1.54, 1.807) is 23.5 Å². The van der Waals surface area contributed by atoms with Gasteiger partial charge in [0.1, 0.15) is 0 Å². The van der Waals surface area contributed by atoms with Crippen LogP contribution >= 0.6 is 27.3 Å². The number of carbonyl (C=O) groups is 2. The van der Waals surface area contributed by atoms with Crippen molar-refractivity contribution in [2.45, 2.75) is 12.8 Å². The number of carbonyl (C=O) groups excluding carboxylic acids is 2. The van der Waals surface area contributed by atoms with Crippen molar-refractivity contribution in [3.05, 3.63) is 51.1 Å². The van der Waals surface area contributed by atoms with Gasteiger partial charge in [-0.15, -0.1) is 0 Å². The van der Waals surface area contributed by atoms with Gasteiger partial charge in [-0.1, -0.05) is 22.0 Å². The molecule has 0 aliphatic rings. The van der Waals surface area contributed by atoms with E-state index in [4.69, 9.17) is 4.74 Å². The highest BCUT2D eigenvalue weighted by atomic mass is 79.9. The lowest BCUT2D eigenvalue weighted by Gasteiger charge is -2.06. The van der Waals surface area contributed by atoms with Gasteiger partial charge in [-0.2, -0.15) is 11.3 Å². The fourth-order valence-electron chi connectivity index (χ4n) is 1.66. The molecule has 2 rings (SSSR count). The zero-order chi connectivity index (χ0) is 15.1. The van der Waals surface area contributed by atoms with Crippen LogP contribution in [0.3, 0.4) is 0 Å². The van der Waals surface area contributed by atoms with Gasteiger partial charge >= 0.3 is 5.97 Å². The number of rotatable bonds is 6. The molecule has 21 heavy (non-hydrogen) atoms. The van der Waals surface area contributed by atoms with E-state index in [2.05, 4.69) is 21.2 Å². The van der Waals surface area contributed by atoms with Gasteiger partial charge < -0.3 is 10.1 Å². The largest absolute Gasteiger partial charge is 0.456 e. The molecule has 1 amide bonds. The lowest BCUT2D eigenvalue weighted by Crippen LogP contribution is -2.21. The number of amides is 1. The maximum Gasteiger partial charge on any atom is 0.306 e.